The summed E-state index contributed by atoms with van der Waals surface area (Å²) in [5.74, 6) is 1.48. The summed E-state index contributed by atoms with van der Waals surface area (Å²) in [6.07, 6.45) is 4.96. The maximum atomic E-state index is 11.7. The summed E-state index contributed by atoms with van der Waals surface area (Å²) >= 11 is 6.15. The third kappa shape index (κ3) is 5.08. The van der Waals surface area contributed by atoms with Crippen LogP contribution in [0.5, 0.6) is 0 Å². The molecule has 1 aromatic heterocycles. The van der Waals surface area contributed by atoms with Crippen LogP contribution in [0.2, 0.25) is 5.15 Å². The summed E-state index contributed by atoms with van der Waals surface area (Å²) in [4.78, 5) is 20.6. The molecule has 1 amide bonds. The lowest BCUT2D eigenvalue weighted by Crippen LogP contribution is -2.34. The van der Waals surface area contributed by atoms with Crippen LogP contribution in [0.25, 0.3) is 0 Å². The molecule has 0 aliphatic carbocycles. The van der Waals surface area contributed by atoms with Crippen LogP contribution in [0.15, 0.2) is 12.1 Å². The molecule has 23 heavy (non-hydrogen) atoms. The van der Waals surface area contributed by atoms with E-state index in [1.807, 2.05) is 6.07 Å². The van der Waals surface area contributed by atoms with E-state index in [1.165, 1.54) is 32.2 Å². The summed E-state index contributed by atoms with van der Waals surface area (Å²) in [5.41, 5.74) is 0.427. The van der Waals surface area contributed by atoms with E-state index in [2.05, 4.69) is 34.2 Å². The number of rotatable bonds is 6. The first-order valence-electron chi connectivity index (χ1n) is 8.29. The second-order valence-electron chi connectivity index (χ2n) is 6.46. The first kappa shape index (κ1) is 18.0. The molecule has 1 aliphatic heterocycles. The molecule has 0 bridgehead atoms. The fraction of sp³-hybridized carbons (Fsp3) is 0.647. The molecule has 1 aliphatic rings. The van der Waals surface area contributed by atoms with Crippen LogP contribution >= 0.6 is 11.6 Å². The van der Waals surface area contributed by atoms with Crippen molar-refractivity contribution >= 4 is 23.3 Å². The molecule has 0 spiro atoms. The van der Waals surface area contributed by atoms with Crippen LogP contribution in [0, 0.1) is 5.92 Å². The average molecular weight is 339 g/mol. The highest BCUT2D eigenvalue weighted by Crippen LogP contribution is 2.26. The van der Waals surface area contributed by atoms with Gasteiger partial charge in [0, 0.05) is 20.1 Å². The summed E-state index contributed by atoms with van der Waals surface area (Å²) in [7, 11) is 5.84. The molecule has 128 valence electrons. The smallest absolute Gasteiger partial charge is 0.254 e. The van der Waals surface area contributed by atoms with Crippen LogP contribution < -0.4 is 10.2 Å². The largest absolute Gasteiger partial charge is 0.357 e. The van der Waals surface area contributed by atoms with E-state index in [1.54, 1.807) is 13.1 Å². The highest BCUT2D eigenvalue weighted by atomic mass is 35.5. The zero-order valence-electron chi connectivity index (χ0n) is 14.3. The molecule has 1 saturated heterocycles. The highest BCUT2D eigenvalue weighted by Gasteiger charge is 2.21. The Morgan fingerprint density at radius 2 is 2.09 bits per heavy atom. The van der Waals surface area contributed by atoms with E-state index in [0.29, 0.717) is 5.56 Å². The van der Waals surface area contributed by atoms with Gasteiger partial charge in [-0.2, -0.15) is 0 Å². The molecule has 6 heteroatoms. The van der Waals surface area contributed by atoms with Crippen molar-refractivity contribution in [3.8, 4) is 0 Å². The molecule has 5 nitrogen and oxygen atoms in total. The molecular formula is C17H27ClN4O. The normalized spacial score (nSPS) is 16.0. The molecular weight excluding hydrogens is 312 g/mol. The average Bonchev–Trinajstić information content (AvgIpc) is 2.54. The lowest BCUT2D eigenvalue weighted by atomic mass is 9.92. The molecule has 1 fully saturated rings. The number of carbonyl (C=O) groups excluding carboxylic acids is 1. The maximum absolute atomic E-state index is 11.7. The molecule has 2 heterocycles. The predicted molar refractivity (Wildman–Crippen MR) is 95.4 cm³/mol. The number of aromatic nitrogens is 1. The van der Waals surface area contributed by atoms with Crippen LogP contribution in [0.4, 0.5) is 5.82 Å². The zero-order chi connectivity index (χ0) is 16.8. The Labute approximate surface area is 144 Å². The molecule has 0 saturated carbocycles. The Hall–Kier alpha value is -1.33. The molecule has 1 N–H and O–H groups in total. The van der Waals surface area contributed by atoms with Crippen molar-refractivity contribution in [2.45, 2.75) is 25.7 Å². The van der Waals surface area contributed by atoms with Crippen molar-refractivity contribution in [2.24, 2.45) is 5.92 Å². The first-order valence-corrected chi connectivity index (χ1v) is 8.67. The molecule has 0 aromatic carbocycles. The number of nitrogens with one attached hydrogen (secondary N) is 1. The number of halogens is 1. The molecule has 1 aromatic rings. The van der Waals surface area contributed by atoms with Crippen LogP contribution in [0.1, 0.15) is 36.0 Å². The van der Waals surface area contributed by atoms with E-state index in [-0.39, 0.29) is 11.1 Å². The summed E-state index contributed by atoms with van der Waals surface area (Å²) in [5, 5.41) is 2.85. The molecule has 0 atom stereocenters. The number of anilines is 1. The number of carbonyl (C=O) groups is 1. The highest BCUT2D eigenvalue weighted by molar-refractivity contribution is 6.32. The van der Waals surface area contributed by atoms with Gasteiger partial charge in [-0.1, -0.05) is 11.6 Å². The number of pyridine rings is 1. The second kappa shape index (κ2) is 8.50. The fourth-order valence-corrected chi connectivity index (χ4v) is 3.29. The van der Waals surface area contributed by atoms with Crippen molar-refractivity contribution in [2.75, 3.05) is 45.7 Å². The minimum Gasteiger partial charge on any atom is -0.357 e. The second-order valence-corrected chi connectivity index (χ2v) is 6.82. The van der Waals surface area contributed by atoms with Crippen molar-refractivity contribution in [3.05, 3.63) is 22.8 Å². The topological polar surface area (TPSA) is 48.5 Å². The number of hydrogen-bond acceptors (Lipinski definition) is 4. The third-order valence-electron chi connectivity index (χ3n) is 4.46. The number of hydrogen-bond donors (Lipinski definition) is 1. The van der Waals surface area contributed by atoms with Gasteiger partial charge in [0.2, 0.25) is 0 Å². The van der Waals surface area contributed by atoms with Gasteiger partial charge in [0.1, 0.15) is 11.0 Å². The summed E-state index contributed by atoms with van der Waals surface area (Å²) in [6.45, 7) is 3.18. The predicted octanol–water partition coefficient (Wildman–Crippen LogP) is 2.65. The van der Waals surface area contributed by atoms with Gasteiger partial charge in [0.05, 0.1) is 5.56 Å². The Morgan fingerprint density at radius 1 is 1.39 bits per heavy atom. The Bertz CT molecular complexity index is 527. The van der Waals surface area contributed by atoms with E-state index in [9.17, 15) is 4.79 Å². The standard InChI is InChI=1S/C17H27ClN4O/c1-19-17(23)14-6-7-15(20-16(14)18)22-11-8-13(9-12-22)5-4-10-21(2)3/h6-7,13H,4-5,8-12H2,1-3H3,(H,19,23). The summed E-state index contributed by atoms with van der Waals surface area (Å²) < 4.78 is 0. The van der Waals surface area contributed by atoms with Gasteiger partial charge in [0.25, 0.3) is 5.91 Å². The van der Waals surface area contributed by atoms with Crippen LogP contribution in [-0.2, 0) is 0 Å². The fourth-order valence-electron chi connectivity index (χ4n) is 3.05. The van der Waals surface area contributed by atoms with Crippen molar-refractivity contribution in [1.29, 1.82) is 0 Å². The number of amides is 1. The number of piperidine rings is 1. The zero-order valence-corrected chi connectivity index (χ0v) is 15.1. The number of nitrogens with zero attached hydrogens (tertiary/aromatic N) is 3. The Balaban J connectivity index is 1.88. The third-order valence-corrected chi connectivity index (χ3v) is 4.75. The first-order chi connectivity index (χ1) is 11.0. The van der Waals surface area contributed by atoms with Crippen LogP contribution in [-0.4, -0.2) is 56.6 Å². The summed E-state index contributed by atoms with van der Waals surface area (Å²) in [6, 6.07) is 3.65. The molecule has 0 unspecified atom stereocenters. The van der Waals surface area contributed by atoms with E-state index in [0.717, 1.165) is 24.8 Å². The SMILES string of the molecule is CNC(=O)c1ccc(N2CCC(CCCN(C)C)CC2)nc1Cl. The molecule has 2 rings (SSSR count). The quantitative estimate of drug-likeness (QED) is 0.810. The van der Waals surface area contributed by atoms with Crippen molar-refractivity contribution in [3.63, 3.8) is 0 Å². The lowest BCUT2D eigenvalue weighted by molar-refractivity contribution is 0.0963. The van der Waals surface area contributed by atoms with E-state index < -0.39 is 0 Å². The maximum Gasteiger partial charge on any atom is 0.254 e. The lowest BCUT2D eigenvalue weighted by Gasteiger charge is -2.33. The van der Waals surface area contributed by atoms with Gasteiger partial charge >= 0.3 is 0 Å². The van der Waals surface area contributed by atoms with Gasteiger partial charge in [-0.05, 0) is 64.4 Å². The monoisotopic (exact) mass is 338 g/mol. The van der Waals surface area contributed by atoms with Crippen LogP contribution in [0.3, 0.4) is 0 Å². The van der Waals surface area contributed by atoms with Crippen molar-refractivity contribution in [1.82, 2.24) is 15.2 Å². The van der Waals surface area contributed by atoms with Gasteiger partial charge in [-0.25, -0.2) is 4.98 Å². The minimum atomic E-state index is -0.200. The Kier molecular flexibility index (Phi) is 6.66. The van der Waals surface area contributed by atoms with Gasteiger partial charge in [0.15, 0.2) is 0 Å². The minimum absolute atomic E-state index is 0.200. The van der Waals surface area contributed by atoms with Crippen molar-refractivity contribution < 1.29 is 4.79 Å². The van der Waals surface area contributed by atoms with Gasteiger partial charge < -0.3 is 15.1 Å². The molecule has 0 radical (unpaired) electrons. The van der Waals surface area contributed by atoms with Gasteiger partial charge in [-0.3, -0.25) is 4.79 Å². The van der Waals surface area contributed by atoms with E-state index >= 15 is 0 Å². The Morgan fingerprint density at radius 3 is 2.65 bits per heavy atom. The van der Waals surface area contributed by atoms with E-state index in [4.69, 9.17) is 11.6 Å². The van der Waals surface area contributed by atoms with Gasteiger partial charge in [-0.15, -0.1) is 0 Å².